The van der Waals surface area contributed by atoms with Gasteiger partial charge in [0.2, 0.25) is 5.91 Å². The molecule has 1 aromatic heterocycles. The Bertz CT molecular complexity index is 603. The van der Waals surface area contributed by atoms with Gasteiger partial charge >= 0.3 is 0 Å². The van der Waals surface area contributed by atoms with Crippen molar-refractivity contribution in [1.29, 1.82) is 0 Å². The maximum Gasteiger partial charge on any atom is 0.227 e. The van der Waals surface area contributed by atoms with Crippen LogP contribution in [0.4, 0.5) is 5.69 Å². The summed E-state index contributed by atoms with van der Waals surface area (Å²) in [7, 11) is 0. The summed E-state index contributed by atoms with van der Waals surface area (Å²) in [4.78, 5) is 12.3. The van der Waals surface area contributed by atoms with E-state index in [1.165, 1.54) is 5.56 Å². The topological polar surface area (TPSA) is 70.7 Å². The molecular weight excluding hydrogens is 252 g/mol. The smallest absolute Gasteiger partial charge is 0.227 e. The molecule has 1 heterocycles. The zero-order chi connectivity index (χ0) is 13.9. The lowest BCUT2D eigenvalue weighted by molar-refractivity contribution is -0.120. The molecule has 0 saturated heterocycles. The lowest BCUT2D eigenvalue weighted by Crippen LogP contribution is -2.28. The summed E-state index contributed by atoms with van der Waals surface area (Å²) in [5.41, 5.74) is 4.06. The SMILES string of the molecule is CCc1ccc(NC(=O)C2CCc3n[nH]nc3C2)cc1. The Morgan fingerprint density at radius 3 is 2.80 bits per heavy atom. The van der Waals surface area contributed by atoms with Gasteiger partial charge in [0.15, 0.2) is 0 Å². The van der Waals surface area contributed by atoms with Crippen LogP contribution >= 0.6 is 0 Å². The number of hydrogen-bond donors (Lipinski definition) is 2. The van der Waals surface area contributed by atoms with E-state index in [2.05, 4.69) is 27.7 Å². The molecule has 5 nitrogen and oxygen atoms in total. The second-order valence-electron chi connectivity index (χ2n) is 5.20. The first-order chi connectivity index (χ1) is 9.76. The van der Waals surface area contributed by atoms with Crippen LogP contribution in [0.1, 0.15) is 30.3 Å². The lowest BCUT2D eigenvalue weighted by Gasteiger charge is -2.19. The molecular formula is C15H18N4O. The zero-order valence-corrected chi connectivity index (χ0v) is 11.5. The van der Waals surface area contributed by atoms with Crippen LogP contribution in [0.25, 0.3) is 0 Å². The normalized spacial score (nSPS) is 17.6. The second-order valence-corrected chi connectivity index (χ2v) is 5.20. The van der Waals surface area contributed by atoms with Gasteiger partial charge in [-0.2, -0.15) is 15.4 Å². The van der Waals surface area contributed by atoms with Gasteiger partial charge in [-0.15, -0.1) is 0 Å². The van der Waals surface area contributed by atoms with Crippen molar-refractivity contribution >= 4 is 11.6 Å². The monoisotopic (exact) mass is 270 g/mol. The number of amides is 1. The number of benzene rings is 1. The summed E-state index contributed by atoms with van der Waals surface area (Å²) in [5, 5.41) is 13.8. The van der Waals surface area contributed by atoms with E-state index in [9.17, 15) is 4.79 Å². The maximum atomic E-state index is 12.3. The first kappa shape index (κ1) is 12.8. The van der Waals surface area contributed by atoms with E-state index < -0.39 is 0 Å². The number of aromatic nitrogens is 3. The third-order valence-electron chi connectivity index (χ3n) is 3.87. The number of nitrogens with one attached hydrogen (secondary N) is 2. The minimum absolute atomic E-state index is 0.0153. The van der Waals surface area contributed by atoms with Crippen LogP contribution in [0.5, 0.6) is 0 Å². The summed E-state index contributed by atoms with van der Waals surface area (Å²) in [6.45, 7) is 2.12. The van der Waals surface area contributed by atoms with Gasteiger partial charge in [0.25, 0.3) is 0 Å². The average Bonchev–Trinajstić information content (AvgIpc) is 2.95. The van der Waals surface area contributed by atoms with Gasteiger partial charge in [0.1, 0.15) is 0 Å². The Kier molecular flexibility index (Phi) is 3.50. The molecule has 0 bridgehead atoms. The Balaban J connectivity index is 1.65. The second kappa shape index (κ2) is 5.45. The minimum atomic E-state index is -0.0153. The molecule has 0 saturated carbocycles. The molecule has 1 aliphatic rings. The Morgan fingerprint density at radius 1 is 1.30 bits per heavy atom. The van der Waals surface area contributed by atoms with Gasteiger partial charge in [-0.3, -0.25) is 4.79 Å². The van der Waals surface area contributed by atoms with Crippen LogP contribution in [-0.4, -0.2) is 21.3 Å². The highest BCUT2D eigenvalue weighted by Crippen LogP contribution is 2.23. The average molecular weight is 270 g/mol. The standard InChI is InChI=1S/C15H18N4O/c1-2-10-3-6-12(7-4-10)16-15(20)11-5-8-13-14(9-11)18-19-17-13/h3-4,6-7,11H,2,5,8-9H2,1H3,(H,16,20)(H,17,18,19). The molecule has 5 heteroatoms. The first-order valence-corrected chi connectivity index (χ1v) is 7.04. The van der Waals surface area contributed by atoms with Crippen LogP contribution in [-0.2, 0) is 24.1 Å². The van der Waals surface area contributed by atoms with E-state index in [0.29, 0.717) is 6.42 Å². The molecule has 1 aromatic carbocycles. The number of fused-ring (bicyclic) bond motifs is 1. The largest absolute Gasteiger partial charge is 0.326 e. The molecule has 1 amide bonds. The minimum Gasteiger partial charge on any atom is -0.326 e. The Morgan fingerprint density at radius 2 is 2.05 bits per heavy atom. The molecule has 0 radical (unpaired) electrons. The fourth-order valence-corrected chi connectivity index (χ4v) is 2.58. The van der Waals surface area contributed by atoms with Crippen LogP contribution in [0, 0.1) is 5.92 Å². The Labute approximate surface area is 117 Å². The van der Waals surface area contributed by atoms with Crippen molar-refractivity contribution in [2.75, 3.05) is 5.32 Å². The number of nitrogens with zero attached hydrogens (tertiary/aromatic N) is 2. The van der Waals surface area contributed by atoms with E-state index in [4.69, 9.17) is 0 Å². The molecule has 1 aliphatic carbocycles. The molecule has 2 N–H and O–H groups in total. The number of carbonyl (C=O) groups is 1. The summed E-state index contributed by atoms with van der Waals surface area (Å²) in [6.07, 6.45) is 3.33. The van der Waals surface area contributed by atoms with E-state index in [-0.39, 0.29) is 11.8 Å². The lowest BCUT2D eigenvalue weighted by atomic mass is 9.89. The van der Waals surface area contributed by atoms with Crippen molar-refractivity contribution in [2.24, 2.45) is 5.92 Å². The molecule has 1 unspecified atom stereocenters. The van der Waals surface area contributed by atoms with Crippen molar-refractivity contribution in [2.45, 2.75) is 32.6 Å². The van der Waals surface area contributed by atoms with Crippen LogP contribution in [0.3, 0.4) is 0 Å². The van der Waals surface area contributed by atoms with E-state index in [1.54, 1.807) is 0 Å². The zero-order valence-electron chi connectivity index (χ0n) is 11.5. The van der Waals surface area contributed by atoms with Gasteiger partial charge in [-0.1, -0.05) is 19.1 Å². The summed E-state index contributed by atoms with van der Waals surface area (Å²) >= 11 is 0. The highest BCUT2D eigenvalue weighted by Gasteiger charge is 2.27. The molecule has 3 rings (SSSR count). The number of H-pyrrole nitrogens is 1. The van der Waals surface area contributed by atoms with Crippen molar-refractivity contribution in [1.82, 2.24) is 15.4 Å². The number of hydrogen-bond acceptors (Lipinski definition) is 3. The van der Waals surface area contributed by atoms with Crippen molar-refractivity contribution in [3.8, 4) is 0 Å². The van der Waals surface area contributed by atoms with Gasteiger partial charge in [0, 0.05) is 18.0 Å². The van der Waals surface area contributed by atoms with Gasteiger partial charge in [-0.25, -0.2) is 0 Å². The molecule has 0 fully saturated rings. The van der Waals surface area contributed by atoms with Crippen molar-refractivity contribution in [3.05, 3.63) is 41.2 Å². The fraction of sp³-hybridized carbons (Fsp3) is 0.400. The molecule has 0 spiro atoms. The highest BCUT2D eigenvalue weighted by atomic mass is 16.1. The molecule has 1 atom stereocenters. The van der Waals surface area contributed by atoms with Crippen molar-refractivity contribution < 1.29 is 4.79 Å². The van der Waals surface area contributed by atoms with Gasteiger partial charge in [-0.05, 0) is 37.0 Å². The number of aryl methyl sites for hydroxylation is 2. The molecule has 2 aromatic rings. The summed E-state index contributed by atoms with van der Waals surface area (Å²) in [5.74, 6) is 0.0568. The predicted molar refractivity (Wildman–Crippen MR) is 76.3 cm³/mol. The Hall–Kier alpha value is -2.17. The molecule has 104 valence electrons. The first-order valence-electron chi connectivity index (χ1n) is 7.04. The predicted octanol–water partition coefficient (Wildman–Crippen LogP) is 2.11. The third kappa shape index (κ3) is 2.57. The highest BCUT2D eigenvalue weighted by molar-refractivity contribution is 5.92. The van der Waals surface area contributed by atoms with Crippen LogP contribution in [0.15, 0.2) is 24.3 Å². The van der Waals surface area contributed by atoms with E-state index >= 15 is 0 Å². The number of carbonyl (C=O) groups excluding carboxylic acids is 1. The number of rotatable bonds is 3. The molecule has 20 heavy (non-hydrogen) atoms. The van der Waals surface area contributed by atoms with Crippen molar-refractivity contribution in [3.63, 3.8) is 0 Å². The third-order valence-corrected chi connectivity index (χ3v) is 3.87. The van der Waals surface area contributed by atoms with E-state index in [1.807, 2.05) is 24.3 Å². The quantitative estimate of drug-likeness (QED) is 0.897. The summed E-state index contributed by atoms with van der Waals surface area (Å²) < 4.78 is 0. The van der Waals surface area contributed by atoms with Crippen LogP contribution < -0.4 is 5.32 Å². The fourth-order valence-electron chi connectivity index (χ4n) is 2.58. The van der Waals surface area contributed by atoms with Gasteiger partial charge < -0.3 is 5.32 Å². The summed E-state index contributed by atoms with van der Waals surface area (Å²) in [6, 6.07) is 8.01. The van der Waals surface area contributed by atoms with Gasteiger partial charge in [0.05, 0.1) is 11.4 Å². The maximum absolute atomic E-state index is 12.3. The number of anilines is 1. The molecule has 0 aliphatic heterocycles. The van der Waals surface area contributed by atoms with E-state index in [0.717, 1.165) is 36.3 Å². The van der Waals surface area contributed by atoms with Crippen LogP contribution in [0.2, 0.25) is 0 Å². The number of aromatic amines is 1.